The van der Waals surface area contributed by atoms with E-state index >= 15 is 0 Å². The Morgan fingerprint density at radius 1 is 1.25 bits per heavy atom. The van der Waals surface area contributed by atoms with E-state index in [1.807, 2.05) is 0 Å². The van der Waals surface area contributed by atoms with Gasteiger partial charge in [0.15, 0.2) is 0 Å². The van der Waals surface area contributed by atoms with Gasteiger partial charge in [0.05, 0.1) is 12.2 Å². The second-order valence-electron chi connectivity index (χ2n) is 5.89. The van der Waals surface area contributed by atoms with Gasteiger partial charge in [0.25, 0.3) is 0 Å². The van der Waals surface area contributed by atoms with E-state index in [-0.39, 0.29) is 6.61 Å². The van der Waals surface area contributed by atoms with Gasteiger partial charge in [-0.2, -0.15) is 0 Å². The first-order valence-electron chi connectivity index (χ1n) is 6.51. The van der Waals surface area contributed by atoms with Gasteiger partial charge in [-0.25, -0.2) is 0 Å². The average molecular weight is 229 g/mol. The van der Waals surface area contributed by atoms with Crippen molar-refractivity contribution in [1.29, 1.82) is 0 Å². The second-order valence-corrected chi connectivity index (χ2v) is 5.89. The van der Waals surface area contributed by atoms with Crippen molar-refractivity contribution in [3.63, 3.8) is 0 Å². The molecule has 0 radical (unpaired) electrons. The molecule has 1 aliphatic carbocycles. The first-order valence-corrected chi connectivity index (χ1v) is 6.51. The standard InChI is InChI=1S/C13H27NO2/c1-10(2)11-4-6-12(7-5-11)14-8-13(3,16)9-15/h10-12,14-16H,4-9H2,1-3H3. The van der Waals surface area contributed by atoms with Gasteiger partial charge in [-0.1, -0.05) is 13.8 Å². The smallest absolute Gasteiger partial charge is 0.0972 e. The lowest BCUT2D eigenvalue weighted by atomic mass is 9.79. The van der Waals surface area contributed by atoms with Crippen LogP contribution in [0.1, 0.15) is 46.5 Å². The van der Waals surface area contributed by atoms with Crippen LogP contribution in [0.5, 0.6) is 0 Å². The summed E-state index contributed by atoms with van der Waals surface area (Å²) in [6.07, 6.45) is 4.97. The maximum absolute atomic E-state index is 9.68. The Labute approximate surface area is 99.3 Å². The summed E-state index contributed by atoms with van der Waals surface area (Å²) in [4.78, 5) is 0. The van der Waals surface area contributed by atoms with Crippen molar-refractivity contribution in [2.45, 2.75) is 58.1 Å². The molecule has 0 amide bonds. The predicted molar refractivity (Wildman–Crippen MR) is 66.3 cm³/mol. The molecule has 1 aliphatic rings. The Kier molecular flexibility index (Phi) is 5.22. The summed E-state index contributed by atoms with van der Waals surface area (Å²) in [6, 6.07) is 0.521. The quantitative estimate of drug-likeness (QED) is 0.670. The zero-order valence-corrected chi connectivity index (χ0v) is 10.9. The molecule has 0 saturated heterocycles. The largest absolute Gasteiger partial charge is 0.393 e. The second kappa shape index (κ2) is 5.99. The van der Waals surface area contributed by atoms with E-state index in [2.05, 4.69) is 19.2 Å². The van der Waals surface area contributed by atoms with Gasteiger partial charge >= 0.3 is 0 Å². The lowest BCUT2D eigenvalue weighted by Gasteiger charge is -2.33. The summed E-state index contributed by atoms with van der Waals surface area (Å²) < 4.78 is 0. The molecule has 1 fully saturated rings. The minimum absolute atomic E-state index is 0.179. The van der Waals surface area contributed by atoms with E-state index in [9.17, 15) is 5.11 Å². The minimum atomic E-state index is -0.977. The van der Waals surface area contributed by atoms with Crippen molar-refractivity contribution >= 4 is 0 Å². The highest BCUT2D eigenvalue weighted by molar-refractivity contribution is 4.82. The maximum atomic E-state index is 9.68. The molecule has 0 aliphatic heterocycles. The lowest BCUT2D eigenvalue weighted by Crippen LogP contribution is -2.46. The molecule has 0 bridgehead atoms. The van der Waals surface area contributed by atoms with Crippen molar-refractivity contribution in [3.8, 4) is 0 Å². The molecule has 0 spiro atoms. The first-order chi connectivity index (χ1) is 7.44. The zero-order chi connectivity index (χ0) is 12.2. The molecule has 3 N–H and O–H groups in total. The van der Waals surface area contributed by atoms with Crippen LogP contribution in [0.15, 0.2) is 0 Å². The topological polar surface area (TPSA) is 52.5 Å². The number of nitrogens with one attached hydrogen (secondary N) is 1. The number of rotatable bonds is 5. The third kappa shape index (κ3) is 4.40. The van der Waals surface area contributed by atoms with Crippen LogP contribution in [0.3, 0.4) is 0 Å². The number of aliphatic hydroxyl groups is 2. The zero-order valence-electron chi connectivity index (χ0n) is 10.9. The van der Waals surface area contributed by atoms with Crippen LogP contribution in [-0.2, 0) is 0 Å². The molecule has 96 valence electrons. The van der Waals surface area contributed by atoms with E-state index in [1.165, 1.54) is 25.7 Å². The number of hydrogen-bond acceptors (Lipinski definition) is 3. The first kappa shape index (κ1) is 13.9. The van der Waals surface area contributed by atoms with Gasteiger partial charge < -0.3 is 15.5 Å². The third-order valence-corrected chi connectivity index (χ3v) is 3.83. The van der Waals surface area contributed by atoms with E-state index < -0.39 is 5.60 Å². The summed E-state index contributed by atoms with van der Waals surface area (Å²) in [5.74, 6) is 1.66. The number of aliphatic hydroxyl groups excluding tert-OH is 1. The molecule has 0 aromatic rings. The van der Waals surface area contributed by atoms with E-state index in [0.29, 0.717) is 12.6 Å². The highest BCUT2D eigenvalue weighted by Gasteiger charge is 2.25. The van der Waals surface area contributed by atoms with Gasteiger partial charge in [-0.3, -0.25) is 0 Å². The Bertz CT molecular complexity index is 196. The summed E-state index contributed by atoms with van der Waals surface area (Å²) in [5.41, 5.74) is -0.977. The van der Waals surface area contributed by atoms with E-state index in [0.717, 1.165) is 11.8 Å². The average Bonchev–Trinajstić information content (AvgIpc) is 2.27. The van der Waals surface area contributed by atoms with Gasteiger partial charge in [-0.15, -0.1) is 0 Å². The van der Waals surface area contributed by atoms with Gasteiger partial charge in [0, 0.05) is 12.6 Å². The Hall–Kier alpha value is -0.120. The van der Waals surface area contributed by atoms with Crippen LogP contribution in [0, 0.1) is 11.8 Å². The number of hydrogen-bond donors (Lipinski definition) is 3. The van der Waals surface area contributed by atoms with Crippen molar-refractivity contribution in [2.75, 3.05) is 13.2 Å². The molecule has 0 aromatic carbocycles. The Morgan fingerprint density at radius 3 is 2.25 bits per heavy atom. The molecule has 16 heavy (non-hydrogen) atoms. The molecule has 1 unspecified atom stereocenters. The highest BCUT2D eigenvalue weighted by atomic mass is 16.3. The fraction of sp³-hybridized carbons (Fsp3) is 1.00. The summed E-state index contributed by atoms with van der Waals surface area (Å²) in [6.45, 7) is 6.57. The molecule has 3 nitrogen and oxygen atoms in total. The highest BCUT2D eigenvalue weighted by Crippen LogP contribution is 2.29. The Balaban J connectivity index is 2.22. The SMILES string of the molecule is CC(C)C1CCC(NCC(C)(O)CO)CC1. The van der Waals surface area contributed by atoms with Gasteiger partial charge in [0.1, 0.15) is 0 Å². The molecule has 1 atom stereocenters. The van der Waals surface area contributed by atoms with Gasteiger partial charge in [0.2, 0.25) is 0 Å². The molecular formula is C13H27NO2. The fourth-order valence-electron chi connectivity index (χ4n) is 2.41. The normalized spacial score (nSPS) is 30.4. The van der Waals surface area contributed by atoms with Crippen LogP contribution in [-0.4, -0.2) is 35.0 Å². The van der Waals surface area contributed by atoms with Crippen LogP contribution < -0.4 is 5.32 Å². The Morgan fingerprint density at radius 2 is 1.81 bits per heavy atom. The van der Waals surface area contributed by atoms with Crippen molar-refractivity contribution in [2.24, 2.45) is 11.8 Å². The summed E-state index contributed by atoms with van der Waals surface area (Å²) in [7, 11) is 0. The van der Waals surface area contributed by atoms with E-state index in [4.69, 9.17) is 5.11 Å². The molecular weight excluding hydrogens is 202 g/mol. The van der Waals surface area contributed by atoms with Crippen molar-refractivity contribution in [3.05, 3.63) is 0 Å². The summed E-state index contributed by atoms with van der Waals surface area (Å²) in [5, 5.41) is 22.0. The van der Waals surface area contributed by atoms with Crippen molar-refractivity contribution < 1.29 is 10.2 Å². The molecule has 1 saturated carbocycles. The molecule has 3 heteroatoms. The minimum Gasteiger partial charge on any atom is -0.393 e. The van der Waals surface area contributed by atoms with Crippen LogP contribution in [0.25, 0.3) is 0 Å². The van der Waals surface area contributed by atoms with Crippen LogP contribution >= 0.6 is 0 Å². The summed E-state index contributed by atoms with van der Waals surface area (Å²) >= 11 is 0. The third-order valence-electron chi connectivity index (χ3n) is 3.83. The molecule has 0 heterocycles. The molecule has 1 rings (SSSR count). The maximum Gasteiger partial charge on any atom is 0.0972 e. The fourth-order valence-corrected chi connectivity index (χ4v) is 2.41. The van der Waals surface area contributed by atoms with Crippen molar-refractivity contribution in [1.82, 2.24) is 5.32 Å². The monoisotopic (exact) mass is 229 g/mol. The van der Waals surface area contributed by atoms with E-state index in [1.54, 1.807) is 6.92 Å². The molecule has 0 aromatic heterocycles. The van der Waals surface area contributed by atoms with Gasteiger partial charge in [-0.05, 0) is 44.4 Å². The predicted octanol–water partition coefficient (Wildman–Crippen LogP) is 1.53. The van der Waals surface area contributed by atoms with Crippen LogP contribution in [0.4, 0.5) is 0 Å². The van der Waals surface area contributed by atoms with Crippen LogP contribution in [0.2, 0.25) is 0 Å². The lowest BCUT2D eigenvalue weighted by molar-refractivity contribution is -0.000678.